The summed E-state index contributed by atoms with van der Waals surface area (Å²) < 4.78 is 19.6. The molecule has 7 nitrogen and oxygen atoms in total. The van der Waals surface area contributed by atoms with Crippen molar-refractivity contribution in [2.75, 3.05) is 23.3 Å². The van der Waals surface area contributed by atoms with Crippen LogP contribution in [0.25, 0.3) is 0 Å². The van der Waals surface area contributed by atoms with Crippen molar-refractivity contribution in [3.05, 3.63) is 41.2 Å². The molecule has 0 saturated carbocycles. The summed E-state index contributed by atoms with van der Waals surface area (Å²) in [5.74, 6) is -1.34. The summed E-state index contributed by atoms with van der Waals surface area (Å²) in [7, 11) is 0. The predicted molar refractivity (Wildman–Crippen MR) is 100 cm³/mol. The van der Waals surface area contributed by atoms with Crippen LogP contribution in [0.15, 0.2) is 29.8 Å². The quantitative estimate of drug-likeness (QED) is 0.759. The maximum atomic E-state index is 14.4. The molecule has 0 radical (unpaired) electrons. The smallest absolute Gasteiger partial charge is 0.414 e. The van der Waals surface area contributed by atoms with Gasteiger partial charge in [0.15, 0.2) is 5.13 Å². The van der Waals surface area contributed by atoms with Gasteiger partial charge in [-0.1, -0.05) is 12.2 Å². The van der Waals surface area contributed by atoms with E-state index in [0.717, 1.165) is 6.07 Å². The molecule has 136 valence electrons. The number of cyclic esters (lactones) is 1. The van der Waals surface area contributed by atoms with Crippen molar-refractivity contribution in [2.45, 2.75) is 13.0 Å². The molecule has 1 aliphatic heterocycles. The van der Waals surface area contributed by atoms with Crippen molar-refractivity contribution in [2.24, 2.45) is 0 Å². The lowest BCUT2D eigenvalue weighted by Crippen LogP contribution is -2.32. The molecule has 2 amide bonds. The van der Waals surface area contributed by atoms with E-state index in [4.69, 9.17) is 17.0 Å². The molecular weight excluding hydrogens is 379 g/mol. The van der Waals surface area contributed by atoms with Crippen molar-refractivity contribution in [1.29, 1.82) is 0 Å². The highest BCUT2D eigenvalue weighted by Crippen LogP contribution is 2.24. The minimum Gasteiger partial charge on any atom is -0.442 e. The standard InChI is InChI=1S/C16H15FN4O3S2/c1-9(25)19-7-11-8-21(16(23)24-11)10-2-3-12(13(17)6-10)14(22)20-15-18-4-5-26-15/h2-6,11H,7-8H2,1H3,(H,19,25)(H,18,20,22). The second-order valence-electron chi connectivity index (χ2n) is 5.51. The number of rotatable bonds is 5. The number of thiazole rings is 1. The number of nitrogens with zero attached hydrogens (tertiary/aromatic N) is 2. The summed E-state index contributed by atoms with van der Waals surface area (Å²) in [5.41, 5.74) is 0.186. The number of carbonyl (C=O) groups excluding carboxylic acids is 2. The number of amides is 2. The van der Waals surface area contributed by atoms with Crippen LogP contribution in [-0.4, -0.2) is 41.2 Å². The number of ether oxygens (including phenoxy) is 1. The van der Waals surface area contributed by atoms with Crippen molar-refractivity contribution < 1.29 is 18.7 Å². The van der Waals surface area contributed by atoms with Gasteiger partial charge in [0.1, 0.15) is 11.9 Å². The van der Waals surface area contributed by atoms with Gasteiger partial charge in [-0.05, 0) is 25.1 Å². The molecule has 1 aliphatic rings. The van der Waals surface area contributed by atoms with Gasteiger partial charge in [-0.3, -0.25) is 15.0 Å². The van der Waals surface area contributed by atoms with Crippen LogP contribution in [0.2, 0.25) is 0 Å². The van der Waals surface area contributed by atoms with Gasteiger partial charge >= 0.3 is 6.09 Å². The molecule has 3 rings (SSSR count). The lowest BCUT2D eigenvalue weighted by molar-refractivity contribution is 0.102. The zero-order chi connectivity index (χ0) is 18.7. The summed E-state index contributed by atoms with van der Waals surface area (Å²) in [6, 6.07) is 3.97. The second kappa shape index (κ2) is 7.75. The van der Waals surface area contributed by atoms with Crippen LogP contribution in [0.5, 0.6) is 0 Å². The predicted octanol–water partition coefficient (Wildman–Crippen LogP) is 2.80. The third kappa shape index (κ3) is 4.14. The van der Waals surface area contributed by atoms with Crippen molar-refractivity contribution in [3.63, 3.8) is 0 Å². The van der Waals surface area contributed by atoms with Crippen LogP contribution in [0.3, 0.4) is 0 Å². The van der Waals surface area contributed by atoms with E-state index in [9.17, 15) is 14.0 Å². The normalized spacial score (nSPS) is 16.3. The summed E-state index contributed by atoms with van der Waals surface area (Å²) in [6.45, 7) is 2.38. The molecule has 1 unspecified atom stereocenters. The molecule has 1 saturated heterocycles. The van der Waals surface area contributed by atoms with Gasteiger partial charge in [-0.15, -0.1) is 11.3 Å². The van der Waals surface area contributed by atoms with Crippen LogP contribution in [0.1, 0.15) is 17.3 Å². The Morgan fingerprint density at radius 2 is 2.35 bits per heavy atom. The SMILES string of the molecule is CC(=S)NCC1CN(c2ccc(C(=O)Nc3nccs3)c(F)c2)C(=O)O1. The molecule has 0 aliphatic carbocycles. The minimum atomic E-state index is -0.735. The van der Waals surface area contributed by atoms with E-state index in [0.29, 0.717) is 22.4 Å². The summed E-state index contributed by atoms with van der Waals surface area (Å²) in [6.07, 6.45) is 0.574. The van der Waals surface area contributed by atoms with E-state index < -0.39 is 23.9 Å². The first-order chi connectivity index (χ1) is 12.4. The van der Waals surface area contributed by atoms with Gasteiger partial charge in [0, 0.05) is 11.6 Å². The number of halogens is 1. The number of hydrogen-bond donors (Lipinski definition) is 2. The molecule has 10 heteroatoms. The van der Waals surface area contributed by atoms with Crippen molar-refractivity contribution in [1.82, 2.24) is 10.3 Å². The third-order valence-corrected chi connectivity index (χ3v) is 4.45. The number of nitrogens with one attached hydrogen (secondary N) is 2. The first kappa shape index (κ1) is 18.2. The fraction of sp³-hybridized carbons (Fsp3) is 0.250. The summed E-state index contributed by atoms with van der Waals surface area (Å²) in [4.78, 5) is 30.0. The second-order valence-corrected chi connectivity index (χ2v) is 7.02. The molecule has 0 bridgehead atoms. The van der Waals surface area contributed by atoms with E-state index in [1.54, 1.807) is 12.3 Å². The highest BCUT2D eigenvalue weighted by atomic mass is 32.1. The monoisotopic (exact) mass is 394 g/mol. The van der Waals surface area contributed by atoms with E-state index in [1.165, 1.54) is 34.6 Å². The Morgan fingerprint density at radius 1 is 1.54 bits per heavy atom. The average Bonchev–Trinajstić information content (AvgIpc) is 3.22. The van der Waals surface area contributed by atoms with Crippen LogP contribution < -0.4 is 15.5 Å². The summed E-state index contributed by atoms with van der Waals surface area (Å²) >= 11 is 6.16. The average molecular weight is 394 g/mol. The largest absolute Gasteiger partial charge is 0.442 e. The van der Waals surface area contributed by atoms with Crippen LogP contribution >= 0.6 is 23.6 Å². The highest BCUT2D eigenvalue weighted by Gasteiger charge is 2.32. The van der Waals surface area contributed by atoms with Gasteiger partial charge < -0.3 is 10.1 Å². The lowest BCUT2D eigenvalue weighted by Gasteiger charge is -2.14. The lowest BCUT2D eigenvalue weighted by atomic mass is 10.1. The fourth-order valence-electron chi connectivity index (χ4n) is 2.40. The molecule has 26 heavy (non-hydrogen) atoms. The van der Waals surface area contributed by atoms with Crippen molar-refractivity contribution in [3.8, 4) is 0 Å². The number of thiocarbonyl (C=S) groups is 1. The van der Waals surface area contributed by atoms with Gasteiger partial charge in [0.25, 0.3) is 5.91 Å². The Morgan fingerprint density at radius 3 is 3.00 bits per heavy atom. The maximum absolute atomic E-state index is 14.4. The summed E-state index contributed by atoms with van der Waals surface area (Å²) in [5, 5.41) is 7.53. The molecule has 0 spiro atoms. The Balaban J connectivity index is 1.70. The van der Waals surface area contributed by atoms with Gasteiger partial charge in [0.2, 0.25) is 0 Å². The molecule has 2 heterocycles. The molecule has 1 aromatic carbocycles. The zero-order valence-corrected chi connectivity index (χ0v) is 15.3. The van der Waals surface area contributed by atoms with Gasteiger partial charge in [-0.2, -0.15) is 0 Å². The molecule has 1 atom stereocenters. The van der Waals surface area contributed by atoms with E-state index in [1.807, 2.05) is 0 Å². The van der Waals surface area contributed by atoms with Crippen LogP contribution in [0.4, 0.5) is 20.0 Å². The number of aromatic nitrogens is 1. The molecular formula is C16H15FN4O3S2. The minimum absolute atomic E-state index is 0.133. The number of hydrogen-bond acceptors (Lipinski definition) is 6. The van der Waals surface area contributed by atoms with E-state index >= 15 is 0 Å². The van der Waals surface area contributed by atoms with Crippen LogP contribution in [0, 0.1) is 5.82 Å². The number of anilines is 2. The topological polar surface area (TPSA) is 83.6 Å². The highest BCUT2D eigenvalue weighted by molar-refractivity contribution is 7.80. The Kier molecular flexibility index (Phi) is 5.43. The number of benzene rings is 1. The maximum Gasteiger partial charge on any atom is 0.414 e. The Labute approximate surface area is 158 Å². The van der Waals surface area contributed by atoms with Gasteiger partial charge in [-0.25, -0.2) is 14.2 Å². The first-order valence-corrected chi connectivity index (χ1v) is 8.96. The first-order valence-electron chi connectivity index (χ1n) is 7.67. The molecule has 2 N–H and O–H groups in total. The van der Waals surface area contributed by atoms with E-state index in [2.05, 4.69) is 15.6 Å². The van der Waals surface area contributed by atoms with Gasteiger partial charge in [0.05, 0.1) is 29.3 Å². The van der Waals surface area contributed by atoms with Crippen molar-refractivity contribution >= 4 is 51.4 Å². The Hall–Kier alpha value is -2.59. The molecule has 2 aromatic rings. The molecule has 1 fully saturated rings. The fourth-order valence-corrected chi connectivity index (χ4v) is 3.01. The number of carbonyl (C=O) groups is 2. The Bertz CT molecular complexity index is 844. The van der Waals surface area contributed by atoms with Crippen LogP contribution in [-0.2, 0) is 4.74 Å². The van der Waals surface area contributed by atoms with E-state index in [-0.39, 0.29) is 12.1 Å². The third-order valence-electron chi connectivity index (χ3n) is 3.61. The molecule has 1 aromatic heterocycles. The zero-order valence-electron chi connectivity index (χ0n) is 13.7.